The van der Waals surface area contributed by atoms with E-state index >= 15 is 0 Å². The highest BCUT2D eigenvalue weighted by Crippen LogP contribution is 2.26. The van der Waals surface area contributed by atoms with Crippen LogP contribution in [-0.4, -0.2) is 25.0 Å². The average molecular weight is 231 g/mol. The van der Waals surface area contributed by atoms with Gasteiger partial charge in [0.25, 0.3) is 0 Å². The van der Waals surface area contributed by atoms with Gasteiger partial charge in [-0.05, 0) is 32.1 Å². The smallest absolute Gasteiger partial charge is 0.0800 e. The van der Waals surface area contributed by atoms with Gasteiger partial charge in [0.2, 0.25) is 0 Å². The normalized spacial score (nSPS) is 42.8. The van der Waals surface area contributed by atoms with Gasteiger partial charge < -0.3 is 4.90 Å². The molecule has 1 N–H and O–H groups in total. The third-order valence-corrected chi connectivity index (χ3v) is 4.56. The molecule has 0 amide bonds. The van der Waals surface area contributed by atoms with Gasteiger partial charge in [-0.3, -0.25) is 0 Å². The van der Waals surface area contributed by atoms with E-state index in [1.807, 2.05) is 4.90 Å². The summed E-state index contributed by atoms with van der Waals surface area (Å²) in [4.78, 5) is 1.85. The number of rotatable bonds is 2. The molecule has 88 valence electrons. The Morgan fingerprint density at radius 2 is 2.07 bits per heavy atom. The first-order chi connectivity index (χ1) is 7.24. The predicted molar refractivity (Wildman–Crippen MR) is 65.6 cm³/mol. The van der Waals surface area contributed by atoms with Crippen molar-refractivity contribution in [3.63, 3.8) is 0 Å². The summed E-state index contributed by atoms with van der Waals surface area (Å²) in [5, 5.41) is 0.477. The van der Waals surface area contributed by atoms with Crippen molar-refractivity contribution in [2.75, 3.05) is 19.6 Å². The zero-order valence-corrected chi connectivity index (χ0v) is 10.7. The average Bonchev–Trinajstić information content (AvgIpc) is 2.17. The number of piperidine rings is 1. The molecule has 1 heterocycles. The van der Waals surface area contributed by atoms with Crippen LogP contribution in [0.25, 0.3) is 0 Å². The molecule has 0 bridgehead atoms. The minimum Gasteiger partial charge on any atom is -0.334 e. The van der Waals surface area contributed by atoms with Crippen molar-refractivity contribution in [3.8, 4) is 0 Å². The van der Waals surface area contributed by atoms with Crippen LogP contribution in [0.3, 0.4) is 0 Å². The van der Waals surface area contributed by atoms with Crippen LogP contribution in [0.5, 0.6) is 0 Å². The number of alkyl halides is 1. The molecule has 0 aromatic carbocycles. The Hall–Kier alpha value is 0.250. The summed E-state index contributed by atoms with van der Waals surface area (Å²) in [5.41, 5.74) is 0. The van der Waals surface area contributed by atoms with Gasteiger partial charge in [-0.1, -0.05) is 13.3 Å². The van der Waals surface area contributed by atoms with E-state index in [0.717, 1.165) is 11.8 Å². The highest BCUT2D eigenvalue weighted by atomic mass is 35.5. The van der Waals surface area contributed by atoms with Crippen molar-refractivity contribution in [1.29, 1.82) is 0 Å². The maximum atomic E-state index is 6.25. The minimum absolute atomic E-state index is 0.477. The number of quaternary nitrogens is 1. The van der Waals surface area contributed by atoms with Crippen LogP contribution in [0, 0.1) is 11.8 Å². The molecule has 1 saturated heterocycles. The van der Waals surface area contributed by atoms with Crippen molar-refractivity contribution in [2.45, 2.75) is 50.8 Å². The Balaban J connectivity index is 1.75. The maximum absolute atomic E-state index is 6.25. The Kier molecular flexibility index (Phi) is 4.33. The van der Waals surface area contributed by atoms with Crippen LogP contribution < -0.4 is 4.90 Å². The van der Waals surface area contributed by atoms with E-state index in [0.29, 0.717) is 5.38 Å². The van der Waals surface area contributed by atoms with Crippen molar-refractivity contribution in [3.05, 3.63) is 0 Å². The molecule has 1 aliphatic heterocycles. The van der Waals surface area contributed by atoms with Crippen molar-refractivity contribution in [2.24, 2.45) is 11.8 Å². The summed E-state index contributed by atoms with van der Waals surface area (Å²) in [5.74, 6) is 1.87. The second kappa shape index (κ2) is 5.54. The van der Waals surface area contributed by atoms with Crippen LogP contribution >= 0.6 is 11.6 Å². The van der Waals surface area contributed by atoms with Gasteiger partial charge in [-0.2, -0.15) is 0 Å². The summed E-state index contributed by atoms with van der Waals surface area (Å²) < 4.78 is 0. The summed E-state index contributed by atoms with van der Waals surface area (Å²) in [6, 6.07) is 0. The SMILES string of the molecule is CC1CCC[NH+](CC2CCCC(Cl)C2)C1. The molecule has 1 aliphatic carbocycles. The molecule has 2 aliphatic rings. The van der Waals surface area contributed by atoms with Crippen LogP contribution in [0.2, 0.25) is 0 Å². The van der Waals surface area contributed by atoms with Gasteiger partial charge in [-0.25, -0.2) is 0 Å². The fraction of sp³-hybridized carbons (Fsp3) is 1.00. The lowest BCUT2D eigenvalue weighted by atomic mass is 9.87. The first-order valence-electron chi connectivity index (χ1n) is 6.71. The zero-order valence-electron chi connectivity index (χ0n) is 9.97. The van der Waals surface area contributed by atoms with Gasteiger partial charge in [0.05, 0.1) is 19.6 Å². The standard InChI is InChI=1S/C13H24ClN/c1-11-4-3-7-15(9-11)10-12-5-2-6-13(14)8-12/h11-13H,2-10H2,1H3/p+1. The summed E-state index contributed by atoms with van der Waals surface area (Å²) >= 11 is 6.25. The quantitative estimate of drug-likeness (QED) is 0.694. The Labute approximate surface area is 99.2 Å². The lowest BCUT2D eigenvalue weighted by Crippen LogP contribution is -3.14. The van der Waals surface area contributed by atoms with E-state index in [1.54, 1.807) is 0 Å². The molecule has 0 aromatic heterocycles. The van der Waals surface area contributed by atoms with Gasteiger partial charge in [0.15, 0.2) is 0 Å². The molecule has 2 fully saturated rings. The molecule has 0 spiro atoms. The van der Waals surface area contributed by atoms with E-state index in [1.165, 1.54) is 58.2 Å². The molecule has 2 heteroatoms. The monoisotopic (exact) mass is 230 g/mol. The predicted octanol–water partition coefficient (Wildman–Crippen LogP) is 2.10. The molecule has 0 radical (unpaired) electrons. The summed E-state index contributed by atoms with van der Waals surface area (Å²) in [6.45, 7) is 6.62. The molecular formula is C13H25ClN+. The largest absolute Gasteiger partial charge is 0.334 e. The topological polar surface area (TPSA) is 4.44 Å². The molecule has 4 unspecified atom stereocenters. The van der Waals surface area contributed by atoms with Crippen LogP contribution in [0.15, 0.2) is 0 Å². The lowest BCUT2D eigenvalue weighted by molar-refractivity contribution is -0.912. The van der Waals surface area contributed by atoms with Crippen LogP contribution in [-0.2, 0) is 0 Å². The van der Waals surface area contributed by atoms with Gasteiger partial charge in [0, 0.05) is 17.2 Å². The molecule has 15 heavy (non-hydrogen) atoms. The molecule has 1 saturated carbocycles. The molecular weight excluding hydrogens is 206 g/mol. The molecule has 0 aromatic rings. The highest BCUT2D eigenvalue weighted by Gasteiger charge is 2.26. The van der Waals surface area contributed by atoms with Crippen LogP contribution in [0.1, 0.15) is 45.4 Å². The zero-order chi connectivity index (χ0) is 10.7. The van der Waals surface area contributed by atoms with Crippen molar-refractivity contribution in [1.82, 2.24) is 0 Å². The maximum Gasteiger partial charge on any atom is 0.0800 e. The Bertz CT molecular complexity index is 175. The third-order valence-electron chi connectivity index (χ3n) is 4.16. The number of hydrogen-bond donors (Lipinski definition) is 1. The Morgan fingerprint density at radius 1 is 1.20 bits per heavy atom. The van der Waals surface area contributed by atoms with Gasteiger partial charge in [0.1, 0.15) is 0 Å². The first kappa shape index (κ1) is 11.7. The second-order valence-corrected chi connectivity index (χ2v) is 6.40. The molecule has 1 nitrogen and oxygen atoms in total. The van der Waals surface area contributed by atoms with E-state index in [4.69, 9.17) is 11.6 Å². The molecule has 4 atom stereocenters. The first-order valence-corrected chi connectivity index (χ1v) is 7.15. The number of hydrogen-bond acceptors (Lipinski definition) is 0. The van der Waals surface area contributed by atoms with Crippen molar-refractivity contribution >= 4 is 11.6 Å². The molecule has 2 rings (SSSR count). The highest BCUT2D eigenvalue weighted by molar-refractivity contribution is 6.20. The number of nitrogens with one attached hydrogen (secondary N) is 1. The van der Waals surface area contributed by atoms with E-state index < -0.39 is 0 Å². The van der Waals surface area contributed by atoms with E-state index in [2.05, 4.69) is 6.92 Å². The minimum atomic E-state index is 0.477. The van der Waals surface area contributed by atoms with E-state index in [-0.39, 0.29) is 0 Å². The van der Waals surface area contributed by atoms with Crippen molar-refractivity contribution < 1.29 is 4.90 Å². The third kappa shape index (κ3) is 3.64. The summed E-state index contributed by atoms with van der Waals surface area (Å²) in [7, 11) is 0. The van der Waals surface area contributed by atoms with Gasteiger partial charge in [-0.15, -0.1) is 11.6 Å². The van der Waals surface area contributed by atoms with Gasteiger partial charge >= 0.3 is 0 Å². The van der Waals surface area contributed by atoms with E-state index in [9.17, 15) is 0 Å². The Morgan fingerprint density at radius 3 is 2.80 bits per heavy atom. The summed E-state index contributed by atoms with van der Waals surface area (Å²) in [6.07, 6.45) is 8.21. The number of halogens is 1. The fourth-order valence-corrected chi connectivity index (χ4v) is 3.81. The number of likely N-dealkylation sites (tertiary alicyclic amines) is 1. The van der Waals surface area contributed by atoms with Crippen LogP contribution in [0.4, 0.5) is 0 Å². The fourth-order valence-electron chi connectivity index (χ4n) is 3.40. The lowest BCUT2D eigenvalue weighted by Gasteiger charge is -2.33. The second-order valence-electron chi connectivity index (χ2n) is 5.79.